The van der Waals surface area contributed by atoms with Gasteiger partial charge in [-0.05, 0) is 80.5 Å². The molecule has 0 spiro atoms. The lowest BCUT2D eigenvalue weighted by Gasteiger charge is -2.56. The SMILES string of the molecule is O=C(COC(=O)c1ccc(OC(F)F)cc1)NC(=O)NC12CC3CC(CC(C3)C1)C2. The first kappa shape index (κ1) is 20.6. The van der Waals surface area contributed by atoms with Crippen LogP contribution in [0.25, 0.3) is 0 Å². The summed E-state index contributed by atoms with van der Waals surface area (Å²) in [7, 11) is 0. The third kappa shape index (κ3) is 4.71. The fourth-order valence-corrected chi connectivity index (χ4v) is 5.69. The van der Waals surface area contributed by atoms with Crippen LogP contribution in [0, 0.1) is 17.8 Å². The highest BCUT2D eigenvalue weighted by molar-refractivity contribution is 5.97. The Morgan fingerprint density at radius 3 is 2.10 bits per heavy atom. The summed E-state index contributed by atoms with van der Waals surface area (Å²) < 4.78 is 33.4. The molecule has 2 N–H and O–H groups in total. The van der Waals surface area contributed by atoms with Gasteiger partial charge in [-0.2, -0.15) is 8.78 Å². The monoisotopic (exact) mass is 422 g/mol. The second-order valence-corrected chi connectivity index (χ2v) is 8.68. The van der Waals surface area contributed by atoms with E-state index >= 15 is 0 Å². The van der Waals surface area contributed by atoms with Gasteiger partial charge in [-0.15, -0.1) is 0 Å². The molecule has 5 rings (SSSR count). The largest absolute Gasteiger partial charge is 0.452 e. The summed E-state index contributed by atoms with van der Waals surface area (Å²) >= 11 is 0. The number of hydrogen-bond acceptors (Lipinski definition) is 5. The predicted octanol–water partition coefficient (Wildman–Crippen LogP) is 3.24. The van der Waals surface area contributed by atoms with Crippen LogP contribution in [0.2, 0.25) is 0 Å². The molecule has 4 fully saturated rings. The molecule has 0 aliphatic heterocycles. The summed E-state index contributed by atoms with van der Waals surface area (Å²) in [6.07, 6.45) is 6.61. The lowest BCUT2D eigenvalue weighted by molar-refractivity contribution is -0.123. The highest BCUT2D eigenvalue weighted by Gasteiger charge is 2.51. The maximum Gasteiger partial charge on any atom is 0.387 e. The Bertz CT molecular complexity index is 792. The van der Waals surface area contributed by atoms with Crippen molar-refractivity contribution in [2.45, 2.75) is 50.7 Å². The normalized spacial score (nSPS) is 28.8. The second kappa shape index (κ2) is 8.20. The van der Waals surface area contributed by atoms with Gasteiger partial charge in [-0.3, -0.25) is 10.1 Å². The van der Waals surface area contributed by atoms with E-state index in [1.165, 1.54) is 43.5 Å². The molecule has 0 atom stereocenters. The zero-order valence-electron chi connectivity index (χ0n) is 16.4. The molecular weight excluding hydrogens is 398 g/mol. The van der Waals surface area contributed by atoms with E-state index in [2.05, 4.69) is 15.4 Å². The molecule has 7 nitrogen and oxygen atoms in total. The Kier molecular flexibility index (Phi) is 5.62. The maximum absolute atomic E-state index is 12.3. The number of amides is 3. The minimum absolute atomic E-state index is 0.0717. The van der Waals surface area contributed by atoms with Crippen LogP contribution in [-0.2, 0) is 9.53 Å². The van der Waals surface area contributed by atoms with Gasteiger partial charge in [-0.25, -0.2) is 9.59 Å². The molecule has 162 valence electrons. The molecule has 0 aromatic heterocycles. The van der Waals surface area contributed by atoms with E-state index in [1.54, 1.807) is 0 Å². The minimum atomic E-state index is -2.96. The highest BCUT2D eigenvalue weighted by Crippen LogP contribution is 2.55. The highest BCUT2D eigenvalue weighted by atomic mass is 19.3. The molecule has 1 aromatic carbocycles. The smallest absolute Gasteiger partial charge is 0.387 e. The average molecular weight is 422 g/mol. The average Bonchev–Trinajstić information content (AvgIpc) is 2.64. The fourth-order valence-electron chi connectivity index (χ4n) is 5.69. The molecule has 4 aliphatic rings. The number of esters is 1. The Morgan fingerprint density at radius 2 is 1.57 bits per heavy atom. The standard InChI is InChI=1S/C21H24F2N2O5/c22-19(23)30-16-3-1-15(2-4-16)18(27)29-11-17(26)24-20(28)25-21-8-12-5-13(9-21)7-14(6-12)10-21/h1-4,12-14,19H,5-11H2,(H2,24,25,26,28). The van der Waals surface area contributed by atoms with E-state index in [0.717, 1.165) is 19.3 Å². The maximum atomic E-state index is 12.3. The molecule has 0 radical (unpaired) electrons. The van der Waals surface area contributed by atoms with E-state index in [1.807, 2.05) is 0 Å². The first-order chi connectivity index (χ1) is 14.3. The number of benzene rings is 1. The number of rotatable bonds is 6. The molecule has 4 aliphatic carbocycles. The van der Waals surface area contributed by atoms with Crippen molar-refractivity contribution in [2.75, 3.05) is 6.61 Å². The number of nitrogens with one attached hydrogen (secondary N) is 2. The number of carbonyl (C=O) groups is 3. The van der Waals surface area contributed by atoms with Gasteiger partial charge in [0.05, 0.1) is 5.56 Å². The van der Waals surface area contributed by atoms with Gasteiger partial charge >= 0.3 is 18.6 Å². The summed E-state index contributed by atoms with van der Waals surface area (Å²) in [6.45, 7) is -3.58. The van der Waals surface area contributed by atoms with Gasteiger partial charge in [0.1, 0.15) is 5.75 Å². The van der Waals surface area contributed by atoms with Crippen molar-refractivity contribution in [1.82, 2.24) is 10.6 Å². The second-order valence-electron chi connectivity index (χ2n) is 8.68. The first-order valence-electron chi connectivity index (χ1n) is 10.1. The zero-order chi connectivity index (χ0) is 21.3. The number of hydrogen-bond donors (Lipinski definition) is 2. The molecule has 3 amide bonds. The van der Waals surface area contributed by atoms with Crippen LogP contribution in [0.5, 0.6) is 5.75 Å². The molecule has 1 aromatic rings. The number of ether oxygens (including phenoxy) is 2. The number of halogens is 2. The van der Waals surface area contributed by atoms with E-state index in [-0.39, 0.29) is 16.9 Å². The quantitative estimate of drug-likeness (QED) is 0.687. The van der Waals surface area contributed by atoms with Crippen LogP contribution in [0.1, 0.15) is 48.9 Å². The van der Waals surface area contributed by atoms with Crippen LogP contribution < -0.4 is 15.4 Å². The molecule has 0 saturated heterocycles. The number of carbonyl (C=O) groups excluding carboxylic acids is 3. The molecular formula is C21H24F2N2O5. The van der Waals surface area contributed by atoms with Crippen molar-refractivity contribution < 1.29 is 32.6 Å². The predicted molar refractivity (Wildman–Crippen MR) is 101 cm³/mol. The summed E-state index contributed by atoms with van der Waals surface area (Å²) in [6, 6.07) is 4.32. The van der Waals surface area contributed by atoms with Crippen molar-refractivity contribution in [1.29, 1.82) is 0 Å². The van der Waals surface area contributed by atoms with Gasteiger partial charge in [0.2, 0.25) is 0 Å². The zero-order valence-corrected chi connectivity index (χ0v) is 16.4. The van der Waals surface area contributed by atoms with E-state index in [9.17, 15) is 23.2 Å². The Labute approximate surface area is 172 Å². The van der Waals surface area contributed by atoms with Gasteiger partial charge in [-0.1, -0.05) is 0 Å². The molecule has 0 heterocycles. The molecule has 9 heteroatoms. The molecule has 30 heavy (non-hydrogen) atoms. The van der Waals surface area contributed by atoms with Crippen LogP contribution in [0.4, 0.5) is 13.6 Å². The first-order valence-corrected chi connectivity index (χ1v) is 10.1. The van der Waals surface area contributed by atoms with E-state index in [4.69, 9.17) is 4.74 Å². The van der Waals surface area contributed by atoms with Gasteiger partial charge in [0.15, 0.2) is 6.61 Å². The van der Waals surface area contributed by atoms with Crippen molar-refractivity contribution in [3.05, 3.63) is 29.8 Å². The third-order valence-corrected chi connectivity index (χ3v) is 6.32. The lowest BCUT2D eigenvalue weighted by Crippen LogP contribution is -2.62. The molecule has 4 bridgehead atoms. The van der Waals surface area contributed by atoms with Gasteiger partial charge < -0.3 is 14.8 Å². The number of urea groups is 1. The van der Waals surface area contributed by atoms with E-state index in [0.29, 0.717) is 17.8 Å². The van der Waals surface area contributed by atoms with Crippen LogP contribution in [-0.4, -0.2) is 36.7 Å². The summed E-state index contributed by atoms with van der Waals surface area (Å²) in [5, 5.41) is 5.23. The Morgan fingerprint density at radius 1 is 1.00 bits per heavy atom. The summed E-state index contributed by atoms with van der Waals surface area (Å²) in [4.78, 5) is 36.3. The van der Waals surface area contributed by atoms with Crippen molar-refractivity contribution >= 4 is 17.9 Å². The summed E-state index contributed by atoms with van der Waals surface area (Å²) in [5.41, 5.74) is -0.153. The molecule has 0 unspecified atom stereocenters. The minimum Gasteiger partial charge on any atom is -0.452 e. The van der Waals surface area contributed by atoms with E-state index < -0.39 is 31.1 Å². The molecule has 4 saturated carbocycles. The summed E-state index contributed by atoms with van der Waals surface area (Å²) in [5.74, 6) is 0.334. The van der Waals surface area contributed by atoms with Crippen molar-refractivity contribution in [3.63, 3.8) is 0 Å². The number of alkyl halides is 2. The van der Waals surface area contributed by atoms with Crippen molar-refractivity contribution in [3.8, 4) is 5.75 Å². The Hall–Kier alpha value is -2.71. The van der Waals surface area contributed by atoms with Crippen molar-refractivity contribution in [2.24, 2.45) is 17.8 Å². The topological polar surface area (TPSA) is 93.7 Å². The van der Waals surface area contributed by atoms with Gasteiger partial charge in [0, 0.05) is 5.54 Å². The fraction of sp³-hybridized carbons (Fsp3) is 0.571. The van der Waals surface area contributed by atoms with Crippen LogP contribution in [0.15, 0.2) is 24.3 Å². The lowest BCUT2D eigenvalue weighted by atomic mass is 9.53. The third-order valence-electron chi connectivity index (χ3n) is 6.32. The van der Waals surface area contributed by atoms with Crippen LogP contribution >= 0.6 is 0 Å². The van der Waals surface area contributed by atoms with Crippen LogP contribution in [0.3, 0.4) is 0 Å². The number of imide groups is 1. The van der Waals surface area contributed by atoms with Gasteiger partial charge in [0.25, 0.3) is 5.91 Å². The Balaban J connectivity index is 1.23.